The monoisotopic (exact) mass is 426 g/mol. The van der Waals surface area contributed by atoms with Gasteiger partial charge in [0, 0.05) is 0 Å². The minimum atomic E-state index is 0.832. The fourth-order valence-corrected chi connectivity index (χ4v) is 8.36. The first-order chi connectivity index (χ1) is 15.2. The second-order valence-electron chi connectivity index (χ2n) is 12.8. The number of allylic oxidation sites excluding steroid dienone is 1. The molecule has 4 rings (SSSR count). The minimum absolute atomic E-state index is 0.832. The SMILES string of the molecule is C=CC1CCC(CC2CCC(CC3CCC(CC4CCC(CC)CC4)CC3)CC2)CC1. The van der Waals surface area contributed by atoms with E-state index in [4.69, 9.17) is 0 Å². The normalized spacial score (nSPS) is 42.2. The Morgan fingerprint density at radius 3 is 0.968 bits per heavy atom. The van der Waals surface area contributed by atoms with Crippen molar-refractivity contribution in [3.63, 3.8) is 0 Å². The molecule has 0 saturated heterocycles. The molecule has 0 aromatic heterocycles. The van der Waals surface area contributed by atoms with Gasteiger partial charge in [-0.2, -0.15) is 0 Å². The maximum absolute atomic E-state index is 4.02. The quantitative estimate of drug-likeness (QED) is 0.339. The van der Waals surface area contributed by atoms with Crippen LogP contribution in [0.5, 0.6) is 0 Å². The molecule has 0 heteroatoms. The highest BCUT2D eigenvalue weighted by molar-refractivity contribution is 4.86. The summed E-state index contributed by atoms with van der Waals surface area (Å²) in [6.07, 6.45) is 32.9. The van der Waals surface area contributed by atoms with Crippen LogP contribution in [0.25, 0.3) is 0 Å². The van der Waals surface area contributed by atoms with Gasteiger partial charge in [-0.05, 0) is 92.3 Å². The van der Waals surface area contributed by atoms with Crippen LogP contribution in [-0.2, 0) is 0 Å². The molecule has 0 N–H and O–H groups in total. The summed E-state index contributed by atoms with van der Waals surface area (Å²) in [6, 6.07) is 0. The molecule has 0 atom stereocenters. The van der Waals surface area contributed by atoms with Crippen LogP contribution in [0.2, 0.25) is 0 Å². The predicted octanol–water partition coefficient (Wildman–Crippen LogP) is 9.98. The Kier molecular flexibility index (Phi) is 9.45. The highest BCUT2D eigenvalue weighted by atomic mass is 14.4. The lowest BCUT2D eigenvalue weighted by Gasteiger charge is -2.37. The maximum Gasteiger partial charge on any atom is -0.0236 e. The molecule has 4 aliphatic carbocycles. The minimum Gasteiger partial charge on any atom is -0.103 e. The molecule has 0 unspecified atom stereocenters. The van der Waals surface area contributed by atoms with Gasteiger partial charge in [-0.15, -0.1) is 6.58 Å². The Morgan fingerprint density at radius 2 is 0.710 bits per heavy atom. The molecule has 0 radical (unpaired) electrons. The van der Waals surface area contributed by atoms with Crippen LogP contribution in [0.4, 0.5) is 0 Å². The van der Waals surface area contributed by atoms with Gasteiger partial charge in [-0.1, -0.05) is 96.5 Å². The number of hydrogen-bond acceptors (Lipinski definition) is 0. The molecule has 0 nitrogen and oxygen atoms in total. The Bertz CT molecular complexity index is 488. The summed E-state index contributed by atoms with van der Waals surface area (Å²) < 4.78 is 0. The fraction of sp³-hybridized carbons (Fsp3) is 0.935. The molecular weight excluding hydrogens is 372 g/mol. The molecule has 0 aromatic carbocycles. The lowest BCUT2D eigenvalue weighted by molar-refractivity contribution is 0.154. The van der Waals surface area contributed by atoms with E-state index >= 15 is 0 Å². The van der Waals surface area contributed by atoms with Gasteiger partial charge in [-0.3, -0.25) is 0 Å². The van der Waals surface area contributed by atoms with Gasteiger partial charge in [0.2, 0.25) is 0 Å². The summed E-state index contributed by atoms with van der Waals surface area (Å²) in [5.74, 6) is 8.36. The third-order valence-electron chi connectivity index (χ3n) is 10.7. The second-order valence-corrected chi connectivity index (χ2v) is 12.8. The molecule has 0 bridgehead atoms. The van der Waals surface area contributed by atoms with E-state index in [1.54, 1.807) is 83.5 Å². The van der Waals surface area contributed by atoms with Crippen molar-refractivity contribution in [3.8, 4) is 0 Å². The van der Waals surface area contributed by atoms with E-state index in [2.05, 4.69) is 19.6 Å². The third kappa shape index (κ3) is 7.37. The standard InChI is InChI=1S/C31H54/c1-3-24-5-9-26(10-6-24)21-28-13-17-30(18-14-28)23-31-19-15-29(16-20-31)22-27-11-7-25(4-2)8-12-27/h3,24-31H,1,4-23H2,2H3. The van der Waals surface area contributed by atoms with E-state index in [1.807, 2.05) is 0 Å². The van der Waals surface area contributed by atoms with Gasteiger partial charge in [0.1, 0.15) is 0 Å². The smallest absolute Gasteiger partial charge is 0.0236 e. The molecule has 0 aromatic rings. The van der Waals surface area contributed by atoms with E-state index in [0.29, 0.717) is 0 Å². The largest absolute Gasteiger partial charge is 0.103 e. The van der Waals surface area contributed by atoms with Crippen LogP contribution in [0.3, 0.4) is 0 Å². The molecule has 0 heterocycles. The Balaban J connectivity index is 1.07. The molecule has 4 saturated carbocycles. The molecule has 178 valence electrons. The summed E-state index contributed by atoms with van der Waals surface area (Å²) in [7, 11) is 0. The lowest BCUT2D eigenvalue weighted by atomic mass is 9.69. The summed E-state index contributed by atoms with van der Waals surface area (Å²) in [6.45, 7) is 6.41. The first-order valence-electron chi connectivity index (χ1n) is 14.8. The second kappa shape index (κ2) is 12.3. The van der Waals surface area contributed by atoms with Crippen LogP contribution >= 0.6 is 0 Å². The van der Waals surface area contributed by atoms with Crippen LogP contribution in [-0.4, -0.2) is 0 Å². The molecule has 4 aliphatic rings. The van der Waals surface area contributed by atoms with Gasteiger partial charge in [-0.25, -0.2) is 0 Å². The molecule has 0 spiro atoms. The van der Waals surface area contributed by atoms with E-state index in [1.165, 1.54) is 44.9 Å². The van der Waals surface area contributed by atoms with Crippen LogP contribution in [0.15, 0.2) is 12.7 Å². The number of rotatable bonds is 8. The van der Waals surface area contributed by atoms with Gasteiger partial charge < -0.3 is 0 Å². The highest BCUT2D eigenvalue weighted by Gasteiger charge is 2.30. The lowest BCUT2D eigenvalue weighted by Crippen LogP contribution is -2.24. The highest BCUT2D eigenvalue weighted by Crippen LogP contribution is 2.43. The van der Waals surface area contributed by atoms with Crippen molar-refractivity contribution in [2.75, 3.05) is 0 Å². The Labute approximate surface area is 195 Å². The van der Waals surface area contributed by atoms with Gasteiger partial charge in [0.05, 0.1) is 0 Å². The van der Waals surface area contributed by atoms with Crippen LogP contribution in [0, 0.1) is 47.3 Å². The third-order valence-corrected chi connectivity index (χ3v) is 10.7. The molecular formula is C31H54. The van der Waals surface area contributed by atoms with Crippen molar-refractivity contribution < 1.29 is 0 Å². The summed E-state index contributed by atoms with van der Waals surface area (Å²) in [5, 5.41) is 0. The zero-order chi connectivity index (χ0) is 21.5. The molecule has 0 aliphatic heterocycles. The van der Waals surface area contributed by atoms with Gasteiger partial charge in [0.25, 0.3) is 0 Å². The van der Waals surface area contributed by atoms with Crippen molar-refractivity contribution >= 4 is 0 Å². The van der Waals surface area contributed by atoms with Gasteiger partial charge in [0.15, 0.2) is 0 Å². The Morgan fingerprint density at radius 1 is 0.452 bits per heavy atom. The van der Waals surface area contributed by atoms with Crippen molar-refractivity contribution in [2.24, 2.45) is 47.3 Å². The topological polar surface area (TPSA) is 0 Å². The first-order valence-corrected chi connectivity index (χ1v) is 14.8. The summed E-state index contributed by atoms with van der Waals surface area (Å²) in [5.41, 5.74) is 0. The zero-order valence-corrected chi connectivity index (χ0v) is 21.0. The maximum atomic E-state index is 4.02. The summed E-state index contributed by atoms with van der Waals surface area (Å²) in [4.78, 5) is 0. The van der Waals surface area contributed by atoms with E-state index in [-0.39, 0.29) is 0 Å². The van der Waals surface area contributed by atoms with Crippen molar-refractivity contribution in [2.45, 2.75) is 135 Å². The summed E-state index contributed by atoms with van der Waals surface area (Å²) >= 11 is 0. The molecule has 31 heavy (non-hydrogen) atoms. The van der Waals surface area contributed by atoms with Crippen molar-refractivity contribution in [1.82, 2.24) is 0 Å². The van der Waals surface area contributed by atoms with E-state index < -0.39 is 0 Å². The molecule has 4 fully saturated rings. The zero-order valence-electron chi connectivity index (χ0n) is 21.0. The van der Waals surface area contributed by atoms with Crippen molar-refractivity contribution in [3.05, 3.63) is 12.7 Å². The number of hydrogen-bond donors (Lipinski definition) is 0. The van der Waals surface area contributed by atoms with E-state index in [0.717, 1.165) is 47.3 Å². The van der Waals surface area contributed by atoms with Crippen LogP contribution in [0.1, 0.15) is 135 Å². The van der Waals surface area contributed by atoms with E-state index in [9.17, 15) is 0 Å². The average molecular weight is 427 g/mol. The Hall–Kier alpha value is -0.260. The molecule has 0 amide bonds. The van der Waals surface area contributed by atoms with Crippen LogP contribution < -0.4 is 0 Å². The average Bonchev–Trinajstić information content (AvgIpc) is 2.82. The first kappa shape index (κ1) is 23.9. The van der Waals surface area contributed by atoms with Gasteiger partial charge >= 0.3 is 0 Å². The predicted molar refractivity (Wildman–Crippen MR) is 136 cm³/mol. The fourth-order valence-electron chi connectivity index (χ4n) is 8.36. The van der Waals surface area contributed by atoms with Crippen molar-refractivity contribution in [1.29, 1.82) is 0 Å².